The Hall–Kier alpha value is -2.98. The molecule has 0 atom stereocenters. The summed E-state index contributed by atoms with van der Waals surface area (Å²) in [7, 11) is 0. The minimum absolute atomic E-state index is 0.0111. The maximum Gasteiger partial charge on any atom is 0.405 e. The van der Waals surface area contributed by atoms with E-state index in [4.69, 9.17) is 4.52 Å². The zero-order chi connectivity index (χ0) is 19.2. The fourth-order valence-electron chi connectivity index (χ4n) is 1.75. The highest BCUT2D eigenvalue weighted by Gasteiger charge is 2.27. The minimum Gasteiger partial charge on any atom is -0.456 e. The van der Waals surface area contributed by atoms with Crippen molar-refractivity contribution in [3.63, 3.8) is 0 Å². The van der Waals surface area contributed by atoms with Gasteiger partial charge in [-0.25, -0.2) is 4.39 Å². The highest BCUT2D eigenvalue weighted by molar-refractivity contribution is 5.80. The number of carbonyl (C=O) groups is 2. The number of carbonyl (C=O) groups excluding carboxylic acids is 2. The summed E-state index contributed by atoms with van der Waals surface area (Å²) < 4.78 is 58.0. The molecule has 26 heavy (non-hydrogen) atoms. The number of aryl methyl sites for hydroxylation is 1. The Bertz CT molecular complexity index is 759. The highest BCUT2D eigenvalue weighted by Crippen LogP contribution is 2.16. The zero-order valence-corrected chi connectivity index (χ0v) is 13.2. The van der Waals surface area contributed by atoms with E-state index in [9.17, 15) is 27.2 Å². The van der Waals surface area contributed by atoms with E-state index in [1.165, 1.54) is 24.3 Å². The maximum absolute atomic E-state index is 12.9. The van der Waals surface area contributed by atoms with Gasteiger partial charge in [-0.05, 0) is 24.3 Å². The standard InChI is InChI=1S/C15H13F4N3O4/c16-10-3-1-9(2-4-10)14-21-12(26-22-14)5-6-13(24)25-7-11(23)20-8-15(17,18)19/h1-4H,5-8H2,(H,20,23). The van der Waals surface area contributed by atoms with Crippen LogP contribution in [0, 0.1) is 5.82 Å². The van der Waals surface area contributed by atoms with Gasteiger partial charge in [-0.2, -0.15) is 18.2 Å². The quantitative estimate of drug-likeness (QED) is 0.588. The molecule has 140 valence electrons. The Morgan fingerprint density at radius 3 is 2.54 bits per heavy atom. The number of alkyl halides is 3. The van der Waals surface area contributed by atoms with Crippen LogP contribution in [0.1, 0.15) is 12.3 Å². The number of hydrogen-bond acceptors (Lipinski definition) is 6. The topological polar surface area (TPSA) is 94.3 Å². The largest absolute Gasteiger partial charge is 0.456 e. The van der Waals surface area contributed by atoms with Crippen LogP contribution in [0.25, 0.3) is 11.4 Å². The van der Waals surface area contributed by atoms with Crippen molar-refractivity contribution in [2.45, 2.75) is 19.0 Å². The van der Waals surface area contributed by atoms with Gasteiger partial charge in [-0.1, -0.05) is 5.16 Å². The van der Waals surface area contributed by atoms with Crippen LogP contribution in [0.15, 0.2) is 28.8 Å². The molecule has 1 heterocycles. The van der Waals surface area contributed by atoms with Gasteiger partial charge in [0.2, 0.25) is 11.7 Å². The fourth-order valence-corrected chi connectivity index (χ4v) is 1.75. The van der Waals surface area contributed by atoms with Crippen LogP contribution in [0.3, 0.4) is 0 Å². The Morgan fingerprint density at radius 2 is 1.88 bits per heavy atom. The highest BCUT2D eigenvalue weighted by atomic mass is 19.4. The van der Waals surface area contributed by atoms with E-state index >= 15 is 0 Å². The molecule has 2 aromatic rings. The summed E-state index contributed by atoms with van der Waals surface area (Å²) in [6, 6.07) is 5.37. The smallest absolute Gasteiger partial charge is 0.405 e. The van der Waals surface area contributed by atoms with E-state index in [1.54, 1.807) is 5.32 Å². The first-order valence-corrected chi connectivity index (χ1v) is 7.30. The van der Waals surface area contributed by atoms with Gasteiger partial charge >= 0.3 is 12.1 Å². The number of benzene rings is 1. The zero-order valence-electron chi connectivity index (χ0n) is 13.2. The van der Waals surface area contributed by atoms with E-state index in [0.29, 0.717) is 5.56 Å². The van der Waals surface area contributed by atoms with Crippen molar-refractivity contribution in [3.05, 3.63) is 36.0 Å². The van der Waals surface area contributed by atoms with Gasteiger partial charge in [0, 0.05) is 12.0 Å². The normalized spacial score (nSPS) is 11.2. The van der Waals surface area contributed by atoms with Crippen molar-refractivity contribution >= 4 is 11.9 Å². The molecule has 0 saturated carbocycles. The van der Waals surface area contributed by atoms with Gasteiger partial charge < -0.3 is 14.6 Å². The second kappa shape index (κ2) is 8.41. The van der Waals surface area contributed by atoms with Gasteiger partial charge in [0.1, 0.15) is 12.4 Å². The molecule has 0 fully saturated rings. The molecule has 0 aliphatic carbocycles. The second-order valence-electron chi connectivity index (χ2n) is 5.07. The van der Waals surface area contributed by atoms with E-state index < -0.39 is 37.0 Å². The van der Waals surface area contributed by atoms with Crippen LogP contribution in [-0.2, 0) is 20.7 Å². The summed E-state index contributed by atoms with van der Waals surface area (Å²) in [6.45, 7) is -2.32. The number of nitrogens with zero attached hydrogens (tertiary/aromatic N) is 2. The molecule has 1 N–H and O–H groups in total. The van der Waals surface area contributed by atoms with Crippen molar-refractivity contribution in [3.8, 4) is 11.4 Å². The monoisotopic (exact) mass is 375 g/mol. The summed E-state index contributed by atoms with van der Waals surface area (Å²) in [5.74, 6) is -1.97. The van der Waals surface area contributed by atoms with Crippen LogP contribution in [-0.4, -0.2) is 41.3 Å². The number of hydrogen-bond donors (Lipinski definition) is 1. The second-order valence-corrected chi connectivity index (χ2v) is 5.07. The van der Waals surface area contributed by atoms with Gasteiger partial charge in [0.05, 0.1) is 6.42 Å². The molecular weight excluding hydrogens is 362 g/mol. The van der Waals surface area contributed by atoms with Crippen LogP contribution < -0.4 is 5.32 Å². The van der Waals surface area contributed by atoms with Crippen LogP contribution in [0.5, 0.6) is 0 Å². The number of esters is 1. The van der Waals surface area contributed by atoms with Gasteiger partial charge in [0.15, 0.2) is 6.61 Å². The Kier molecular flexibility index (Phi) is 6.26. The molecule has 0 aliphatic heterocycles. The van der Waals surface area contributed by atoms with Gasteiger partial charge in [-0.3, -0.25) is 9.59 Å². The summed E-state index contributed by atoms with van der Waals surface area (Å²) in [5.41, 5.74) is 0.519. The molecule has 0 unspecified atom stereocenters. The lowest BCUT2D eigenvalue weighted by molar-refractivity contribution is -0.151. The molecule has 1 aromatic heterocycles. The third-order valence-corrected chi connectivity index (χ3v) is 2.96. The SMILES string of the molecule is O=C(COC(=O)CCc1nc(-c2ccc(F)cc2)no1)NCC(F)(F)F. The van der Waals surface area contributed by atoms with E-state index in [-0.39, 0.29) is 24.6 Å². The van der Waals surface area contributed by atoms with Crippen molar-refractivity contribution in [1.82, 2.24) is 15.5 Å². The van der Waals surface area contributed by atoms with Crippen LogP contribution in [0.4, 0.5) is 17.6 Å². The Balaban J connectivity index is 1.74. The third kappa shape index (κ3) is 6.49. The number of nitrogens with one attached hydrogen (secondary N) is 1. The molecule has 1 amide bonds. The van der Waals surface area contributed by atoms with Gasteiger partial charge in [0.25, 0.3) is 5.91 Å². The van der Waals surface area contributed by atoms with Crippen molar-refractivity contribution < 1.29 is 36.4 Å². The number of aromatic nitrogens is 2. The third-order valence-electron chi connectivity index (χ3n) is 2.96. The van der Waals surface area contributed by atoms with E-state index in [2.05, 4.69) is 14.9 Å². The average molecular weight is 375 g/mol. The van der Waals surface area contributed by atoms with Crippen molar-refractivity contribution in [1.29, 1.82) is 0 Å². The minimum atomic E-state index is -4.54. The molecule has 0 spiro atoms. The summed E-state index contributed by atoms with van der Waals surface area (Å²) in [4.78, 5) is 26.6. The van der Waals surface area contributed by atoms with E-state index in [0.717, 1.165) is 0 Å². The number of amides is 1. The summed E-state index contributed by atoms with van der Waals surface area (Å²) in [6.07, 6.45) is -4.74. The van der Waals surface area contributed by atoms with Gasteiger partial charge in [-0.15, -0.1) is 0 Å². The molecule has 7 nitrogen and oxygen atoms in total. The molecule has 2 rings (SSSR count). The predicted molar refractivity (Wildman–Crippen MR) is 78.0 cm³/mol. The van der Waals surface area contributed by atoms with Crippen LogP contribution >= 0.6 is 0 Å². The predicted octanol–water partition coefficient (Wildman–Crippen LogP) is 2.03. The number of ether oxygens (including phenoxy) is 1. The lowest BCUT2D eigenvalue weighted by atomic mass is 10.2. The molecule has 0 bridgehead atoms. The summed E-state index contributed by atoms with van der Waals surface area (Å²) in [5, 5.41) is 5.25. The fraction of sp³-hybridized carbons (Fsp3) is 0.333. The molecule has 0 saturated heterocycles. The Labute approximate surface area is 144 Å². The lowest BCUT2D eigenvalue weighted by Crippen LogP contribution is -2.36. The Morgan fingerprint density at radius 1 is 1.19 bits per heavy atom. The first kappa shape index (κ1) is 19.3. The molecule has 0 radical (unpaired) electrons. The molecule has 11 heteroatoms. The molecular formula is C15H13F4N3O4. The van der Waals surface area contributed by atoms with Crippen molar-refractivity contribution in [2.24, 2.45) is 0 Å². The molecule has 0 aliphatic rings. The first-order valence-electron chi connectivity index (χ1n) is 7.30. The van der Waals surface area contributed by atoms with Crippen molar-refractivity contribution in [2.75, 3.05) is 13.2 Å². The average Bonchev–Trinajstić information content (AvgIpc) is 3.05. The lowest BCUT2D eigenvalue weighted by Gasteiger charge is -2.08. The summed E-state index contributed by atoms with van der Waals surface area (Å²) >= 11 is 0. The first-order chi connectivity index (χ1) is 12.2. The van der Waals surface area contributed by atoms with E-state index in [1.807, 2.05) is 0 Å². The maximum atomic E-state index is 12.9. The number of rotatable bonds is 7. The molecule has 1 aromatic carbocycles. The van der Waals surface area contributed by atoms with Crippen LogP contribution in [0.2, 0.25) is 0 Å². The number of halogens is 4.